The Morgan fingerprint density at radius 2 is 2.06 bits per heavy atom. The van der Waals surface area contributed by atoms with E-state index in [0.717, 1.165) is 31.2 Å². The van der Waals surface area contributed by atoms with Crippen molar-refractivity contribution in [2.24, 2.45) is 5.73 Å². The quantitative estimate of drug-likeness (QED) is 0.882. The van der Waals surface area contributed by atoms with Crippen molar-refractivity contribution in [1.29, 1.82) is 0 Å². The number of halogens is 2. The third-order valence-corrected chi connectivity index (χ3v) is 4.91. The van der Waals surface area contributed by atoms with Gasteiger partial charge in [0, 0.05) is 12.1 Å². The van der Waals surface area contributed by atoms with Crippen LogP contribution in [0.4, 0.5) is 0 Å². The summed E-state index contributed by atoms with van der Waals surface area (Å²) in [5.41, 5.74) is 6.80. The number of hydrogen-bond donors (Lipinski definition) is 2. The zero-order valence-corrected chi connectivity index (χ0v) is 12.6. The number of carbonyl (C=O) groups is 1. The lowest BCUT2D eigenvalue weighted by Gasteiger charge is -2.26. The average molecular weight is 309 g/mol. The number of nitrogens with two attached hydrogens (primary N) is 1. The Labute approximate surface area is 122 Å². The van der Waals surface area contributed by atoms with E-state index in [1.165, 1.54) is 11.3 Å². The van der Waals surface area contributed by atoms with Crippen molar-refractivity contribution in [3.8, 4) is 0 Å². The van der Waals surface area contributed by atoms with Gasteiger partial charge in [-0.25, -0.2) is 0 Å². The average Bonchev–Trinajstić information content (AvgIpc) is 2.63. The molecular formula is C12H18Cl2N2OS. The van der Waals surface area contributed by atoms with Gasteiger partial charge in [0.2, 0.25) is 0 Å². The molecule has 1 fully saturated rings. The SMILES string of the molecule is Cc1csc(C(=O)NC2CCC(N)CC2)c1Cl.Cl. The lowest BCUT2D eigenvalue weighted by molar-refractivity contribution is 0.0930. The van der Waals surface area contributed by atoms with Gasteiger partial charge in [0.1, 0.15) is 4.88 Å². The fourth-order valence-electron chi connectivity index (χ4n) is 2.10. The number of nitrogens with one attached hydrogen (secondary N) is 1. The molecule has 102 valence electrons. The summed E-state index contributed by atoms with van der Waals surface area (Å²) in [6.07, 6.45) is 3.91. The Balaban J connectivity index is 0.00000162. The number of aryl methyl sites for hydroxylation is 1. The molecule has 1 heterocycles. The van der Waals surface area contributed by atoms with Crippen molar-refractivity contribution in [3.63, 3.8) is 0 Å². The number of thiophene rings is 1. The van der Waals surface area contributed by atoms with Gasteiger partial charge in [-0.15, -0.1) is 23.7 Å². The Morgan fingerprint density at radius 3 is 2.56 bits per heavy atom. The van der Waals surface area contributed by atoms with Crippen LogP contribution in [0.5, 0.6) is 0 Å². The second-order valence-electron chi connectivity index (χ2n) is 4.65. The van der Waals surface area contributed by atoms with Gasteiger partial charge in [-0.3, -0.25) is 4.79 Å². The summed E-state index contributed by atoms with van der Waals surface area (Å²) in [7, 11) is 0. The molecule has 0 aromatic carbocycles. The molecule has 1 aromatic rings. The van der Waals surface area contributed by atoms with E-state index in [1.54, 1.807) is 0 Å². The molecular weight excluding hydrogens is 291 g/mol. The normalized spacial score (nSPS) is 23.3. The molecule has 18 heavy (non-hydrogen) atoms. The Kier molecular flexibility index (Phi) is 5.92. The summed E-state index contributed by atoms with van der Waals surface area (Å²) in [5, 5.41) is 5.54. The number of amides is 1. The predicted molar refractivity (Wildman–Crippen MR) is 79.0 cm³/mol. The molecule has 3 nitrogen and oxygen atoms in total. The lowest BCUT2D eigenvalue weighted by atomic mass is 9.92. The van der Waals surface area contributed by atoms with Crippen molar-refractivity contribution in [2.75, 3.05) is 0 Å². The van der Waals surface area contributed by atoms with Crippen LogP contribution in [0.25, 0.3) is 0 Å². The van der Waals surface area contributed by atoms with Crippen LogP contribution in [0.15, 0.2) is 5.38 Å². The monoisotopic (exact) mass is 308 g/mol. The largest absolute Gasteiger partial charge is 0.349 e. The highest BCUT2D eigenvalue weighted by atomic mass is 35.5. The second-order valence-corrected chi connectivity index (χ2v) is 5.90. The van der Waals surface area contributed by atoms with E-state index in [4.69, 9.17) is 17.3 Å². The first-order valence-corrected chi connectivity index (χ1v) is 7.13. The Hall–Kier alpha value is -0.290. The third kappa shape index (κ3) is 3.60. The minimum absolute atomic E-state index is 0. The maximum Gasteiger partial charge on any atom is 0.263 e. The van der Waals surface area contributed by atoms with Crippen molar-refractivity contribution in [1.82, 2.24) is 5.32 Å². The molecule has 1 amide bonds. The van der Waals surface area contributed by atoms with Gasteiger partial charge in [0.15, 0.2) is 0 Å². The smallest absolute Gasteiger partial charge is 0.263 e. The molecule has 1 aliphatic rings. The maximum atomic E-state index is 12.0. The van der Waals surface area contributed by atoms with Gasteiger partial charge < -0.3 is 11.1 Å². The summed E-state index contributed by atoms with van der Waals surface area (Å²) in [6.45, 7) is 1.91. The highest BCUT2D eigenvalue weighted by Gasteiger charge is 2.22. The fraction of sp³-hybridized carbons (Fsp3) is 0.583. The van der Waals surface area contributed by atoms with Gasteiger partial charge in [-0.2, -0.15) is 0 Å². The molecule has 3 N–H and O–H groups in total. The fourth-order valence-corrected chi connectivity index (χ4v) is 3.28. The van der Waals surface area contributed by atoms with E-state index in [2.05, 4.69) is 5.32 Å². The number of carbonyl (C=O) groups excluding carboxylic acids is 1. The van der Waals surface area contributed by atoms with Gasteiger partial charge in [0.25, 0.3) is 5.91 Å². The van der Waals surface area contributed by atoms with E-state index in [9.17, 15) is 4.79 Å². The molecule has 0 aliphatic heterocycles. The van der Waals surface area contributed by atoms with E-state index >= 15 is 0 Å². The van der Waals surface area contributed by atoms with E-state index in [0.29, 0.717) is 15.9 Å². The minimum Gasteiger partial charge on any atom is -0.349 e. The standard InChI is InChI=1S/C12H17ClN2OS.ClH/c1-7-6-17-11(10(7)13)12(16)15-9-4-2-8(14)3-5-9;/h6,8-9H,2-5,14H2,1H3,(H,15,16);1H. The Morgan fingerprint density at radius 1 is 1.44 bits per heavy atom. The molecule has 1 aromatic heterocycles. The number of hydrogen-bond acceptors (Lipinski definition) is 3. The minimum atomic E-state index is -0.0476. The topological polar surface area (TPSA) is 55.1 Å². The summed E-state index contributed by atoms with van der Waals surface area (Å²) in [5.74, 6) is -0.0476. The van der Waals surface area contributed by atoms with Crippen LogP contribution >= 0.6 is 35.3 Å². The van der Waals surface area contributed by atoms with Crippen LogP contribution in [-0.4, -0.2) is 18.0 Å². The molecule has 0 bridgehead atoms. The zero-order chi connectivity index (χ0) is 12.4. The van der Waals surface area contributed by atoms with Crippen molar-refractivity contribution < 1.29 is 4.79 Å². The summed E-state index contributed by atoms with van der Waals surface area (Å²) >= 11 is 7.48. The van der Waals surface area contributed by atoms with Gasteiger partial charge in [0.05, 0.1) is 5.02 Å². The molecule has 0 unspecified atom stereocenters. The summed E-state index contributed by atoms with van der Waals surface area (Å²) < 4.78 is 0. The molecule has 0 saturated heterocycles. The zero-order valence-electron chi connectivity index (χ0n) is 10.2. The highest BCUT2D eigenvalue weighted by Crippen LogP contribution is 2.27. The van der Waals surface area contributed by atoms with Crippen LogP contribution < -0.4 is 11.1 Å². The predicted octanol–water partition coefficient (Wildman–Crippen LogP) is 3.13. The van der Waals surface area contributed by atoms with Crippen LogP contribution in [0, 0.1) is 6.92 Å². The lowest BCUT2D eigenvalue weighted by Crippen LogP contribution is -2.40. The third-order valence-electron chi connectivity index (χ3n) is 3.21. The molecule has 2 rings (SSSR count). The van der Waals surface area contributed by atoms with Crippen molar-refractivity contribution in [2.45, 2.75) is 44.7 Å². The van der Waals surface area contributed by atoms with Crippen LogP contribution in [0.1, 0.15) is 40.9 Å². The van der Waals surface area contributed by atoms with Crippen LogP contribution in [0.2, 0.25) is 5.02 Å². The van der Waals surface area contributed by atoms with Crippen molar-refractivity contribution in [3.05, 3.63) is 20.8 Å². The first-order valence-electron chi connectivity index (χ1n) is 5.88. The van der Waals surface area contributed by atoms with E-state index in [1.807, 2.05) is 12.3 Å². The van der Waals surface area contributed by atoms with E-state index in [-0.39, 0.29) is 24.4 Å². The summed E-state index contributed by atoms with van der Waals surface area (Å²) in [6, 6.07) is 0.552. The molecule has 0 radical (unpaired) electrons. The van der Waals surface area contributed by atoms with Gasteiger partial charge >= 0.3 is 0 Å². The maximum absolute atomic E-state index is 12.0. The molecule has 0 spiro atoms. The first kappa shape index (κ1) is 15.8. The Bertz CT molecular complexity index is 414. The molecule has 0 atom stereocenters. The van der Waals surface area contributed by atoms with Crippen LogP contribution in [0.3, 0.4) is 0 Å². The molecule has 1 saturated carbocycles. The molecule has 1 aliphatic carbocycles. The number of rotatable bonds is 2. The van der Waals surface area contributed by atoms with Crippen molar-refractivity contribution >= 4 is 41.3 Å². The first-order chi connectivity index (χ1) is 8.08. The molecule has 6 heteroatoms. The van der Waals surface area contributed by atoms with Gasteiger partial charge in [-0.1, -0.05) is 11.6 Å². The van der Waals surface area contributed by atoms with Gasteiger partial charge in [-0.05, 0) is 43.6 Å². The highest BCUT2D eigenvalue weighted by molar-refractivity contribution is 7.13. The van der Waals surface area contributed by atoms with Crippen LogP contribution in [-0.2, 0) is 0 Å². The summed E-state index contributed by atoms with van der Waals surface area (Å²) in [4.78, 5) is 12.6. The van der Waals surface area contributed by atoms with E-state index < -0.39 is 0 Å². The second kappa shape index (κ2) is 6.75.